The van der Waals surface area contributed by atoms with E-state index in [4.69, 9.17) is 11.6 Å². The highest BCUT2D eigenvalue weighted by atomic mass is 35.5. The Morgan fingerprint density at radius 1 is 1.22 bits per heavy atom. The van der Waals surface area contributed by atoms with Gasteiger partial charge in [-0.25, -0.2) is 9.67 Å². The second kappa shape index (κ2) is 8.59. The molecule has 2 fully saturated rings. The van der Waals surface area contributed by atoms with Crippen molar-refractivity contribution in [1.29, 1.82) is 0 Å². The van der Waals surface area contributed by atoms with Crippen LogP contribution in [0.4, 0.5) is 0 Å². The number of carbonyl (C=O) groups excluding carboxylic acids is 1. The number of amides is 1. The summed E-state index contributed by atoms with van der Waals surface area (Å²) in [6.45, 7) is 2.54. The Balaban J connectivity index is 0.00000210. The Morgan fingerprint density at radius 2 is 1.93 bits per heavy atom. The molecule has 27 heavy (non-hydrogen) atoms. The molecule has 6 nitrogen and oxygen atoms in total. The van der Waals surface area contributed by atoms with E-state index < -0.39 is 0 Å². The van der Waals surface area contributed by atoms with Gasteiger partial charge < -0.3 is 10.2 Å². The Hall–Kier alpha value is -1.63. The molecular formula is C19H25Cl2N5O. The van der Waals surface area contributed by atoms with E-state index >= 15 is 0 Å². The molecule has 0 radical (unpaired) electrons. The zero-order valence-electron chi connectivity index (χ0n) is 15.4. The van der Waals surface area contributed by atoms with Crippen molar-refractivity contribution >= 4 is 29.9 Å². The lowest BCUT2D eigenvalue weighted by Gasteiger charge is -2.31. The zero-order chi connectivity index (χ0) is 18.1. The molecule has 1 aromatic carbocycles. The van der Waals surface area contributed by atoms with E-state index in [2.05, 4.69) is 15.4 Å². The highest BCUT2D eigenvalue weighted by molar-refractivity contribution is 6.32. The van der Waals surface area contributed by atoms with Crippen LogP contribution in [0, 0.1) is 5.92 Å². The predicted octanol–water partition coefficient (Wildman–Crippen LogP) is 3.29. The van der Waals surface area contributed by atoms with Gasteiger partial charge in [0.1, 0.15) is 5.82 Å². The van der Waals surface area contributed by atoms with E-state index in [1.807, 2.05) is 36.2 Å². The van der Waals surface area contributed by atoms with Crippen molar-refractivity contribution < 1.29 is 4.79 Å². The third kappa shape index (κ3) is 4.28. The van der Waals surface area contributed by atoms with Gasteiger partial charge in [-0.1, -0.05) is 23.7 Å². The third-order valence-electron chi connectivity index (χ3n) is 5.24. The normalized spacial score (nSPS) is 17.6. The van der Waals surface area contributed by atoms with Crippen LogP contribution >= 0.6 is 24.0 Å². The van der Waals surface area contributed by atoms with Crippen LogP contribution in [0.25, 0.3) is 5.69 Å². The number of aromatic nitrogens is 3. The number of nitrogens with zero attached hydrogens (tertiary/aromatic N) is 4. The number of hydrogen-bond donors (Lipinski definition) is 1. The van der Waals surface area contributed by atoms with Crippen LogP contribution < -0.4 is 5.32 Å². The summed E-state index contributed by atoms with van der Waals surface area (Å²) in [4.78, 5) is 19.4. The molecule has 1 aromatic heterocycles. The molecule has 0 atom stereocenters. The molecule has 2 aliphatic rings. The van der Waals surface area contributed by atoms with Crippen LogP contribution in [-0.4, -0.2) is 52.3 Å². The summed E-state index contributed by atoms with van der Waals surface area (Å²) in [6.07, 6.45) is 4.22. The average molecular weight is 410 g/mol. The molecule has 1 aliphatic carbocycles. The van der Waals surface area contributed by atoms with Gasteiger partial charge in [-0.2, -0.15) is 0 Å². The molecule has 8 heteroatoms. The largest absolute Gasteiger partial charge is 0.336 e. The number of benzene rings is 1. The van der Waals surface area contributed by atoms with E-state index in [0.29, 0.717) is 22.7 Å². The lowest BCUT2D eigenvalue weighted by atomic mass is 9.97. The second-order valence-electron chi connectivity index (χ2n) is 7.22. The standard InChI is InChI=1S/C19H24ClN5O.ClH/c1-21-12-13-8-10-24(11-9-13)19(26)17-22-18(14-6-7-14)25(23-17)16-5-3-2-4-15(16)20;/h2-5,13-14,21H,6-12H2,1H3;1H. The van der Waals surface area contributed by atoms with E-state index in [0.717, 1.165) is 56.8 Å². The number of carbonyl (C=O) groups is 1. The smallest absolute Gasteiger partial charge is 0.293 e. The maximum Gasteiger partial charge on any atom is 0.293 e. The molecule has 1 aliphatic heterocycles. The third-order valence-corrected chi connectivity index (χ3v) is 5.56. The molecule has 1 N–H and O–H groups in total. The topological polar surface area (TPSA) is 63.1 Å². The number of rotatable bonds is 5. The number of piperidine rings is 1. The minimum atomic E-state index is -0.0689. The van der Waals surface area contributed by atoms with Crippen molar-refractivity contribution in [2.75, 3.05) is 26.7 Å². The van der Waals surface area contributed by atoms with Crippen LogP contribution in [0.2, 0.25) is 5.02 Å². The summed E-state index contributed by atoms with van der Waals surface area (Å²) in [5.41, 5.74) is 0.787. The van der Waals surface area contributed by atoms with Gasteiger partial charge in [-0.3, -0.25) is 4.79 Å². The molecule has 2 heterocycles. The quantitative estimate of drug-likeness (QED) is 0.822. The molecule has 4 rings (SSSR count). The Kier molecular flexibility index (Phi) is 6.40. The van der Waals surface area contributed by atoms with Crippen molar-refractivity contribution in [2.24, 2.45) is 5.92 Å². The highest BCUT2D eigenvalue weighted by Crippen LogP contribution is 2.40. The number of hydrogen-bond acceptors (Lipinski definition) is 4. The molecule has 1 saturated heterocycles. The van der Waals surface area contributed by atoms with E-state index in [9.17, 15) is 4.79 Å². The summed E-state index contributed by atoms with van der Waals surface area (Å²) < 4.78 is 1.76. The van der Waals surface area contributed by atoms with Crippen LogP contribution in [0.3, 0.4) is 0 Å². The van der Waals surface area contributed by atoms with Crippen molar-refractivity contribution in [3.05, 3.63) is 40.9 Å². The first-order valence-corrected chi connectivity index (χ1v) is 9.71. The van der Waals surface area contributed by atoms with Gasteiger partial charge in [0.25, 0.3) is 5.91 Å². The van der Waals surface area contributed by atoms with Gasteiger partial charge in [-0.15, -0.1) is 17.5 Å². The molecule has 0 unspecified atom stereocenters. The van der Waals surface area contributed by atoms with Crippen molar-refractivity contribution in [2.45, 2.75) is 31.6 Å². The minimum absolute atomic E-state index is 0. The SMILES string of the molecule is CNCC1CCN(C(=O)c2nc(C3CC3)n(-c3ccccc3Cl)n2)CC1.Cl. The summed E-state index contributed by atoms with van der Waals surface area (Å²) in [6, 6.07) is 7.57. The first-order chi connectivity index (χ1) is 12.7. The van der Waals surface area contributed by atoms with Crippen molar-refractivity contribution in [1.82, 2.24) is 25.0 Å². The lowest BCUT2D eigenvalue weighted by Crippen LogP contribution is -2.40. The fraction of sp³-hybridized carbons (Fsp3) is 0.526. The van der Waals surface area contributed by atoms with Crippen LogP contribution in [0.1, 0.15) is 48.0 Å². The summed E-state index contributed by atoms with van der Waals surface area (Å²) in [5, 5.41) is 8.39. The first kappa shape index (κ1) is 20.1. The molecule has 0 bridgehead atoms. The second-order valence-corrected chi connectivity index (χ2v) is 7.63. The molecule has 146 valence electrons. The molecule has 0 spiro atoms. The fourth-order valence-electron chi connectivity index (χ4n) is 3.59. The van der Waals surface area contributed by atoms with Gasteiger partial charge in [0.15, 0.2) is 0 Å². The molecule has 1 saturated carbocycles. The monoisotopic (exact) mass is 409 g/mol. The van der Waals surface area contributed by atoms with E-state index in [-0.39, 0.29) is 18.3 Å². The Morgan fingerprint density at radius 3 is 2.56 bits per heavy atom. The summed E-state index contributed by atoms with van der Waals surface area (Å²) >= 11 is 6.35. The van der Waals surface area contributed by atoms with Gasteiger partial charge in [-0.05, 0) is 57.3 Å². The first-order valence-electron chi connectivity index (χ1n) is 9.33. The van der Waals surface area contributed by atoms with Crippen molar-refractivity contribution in [3.8, 4) is 5.69 Å². The Bertz CT molecular complexity index is 797. The van der Waals surface area contributed by atoms with Crippen LogP contribution in [0.5, 0.6) is 0 Å². The number of likely N-dealkylation sites (tertiary alicyclic amines) is 1. The van der Waals surface area contributed by atoms with Gasteiger partial charge >= 0.3 is 0 Å². The number of nitrogens with one attached hydrogen (secondary N) is 1. The number of halogens is 2. The predicted molar refractivity (Wildman–Crippen MR) is 108 cm³/mol. The highest BCUT2D eigenvalue weighted by Gasteiger charge is 2.33. The fourth-order valence-corrected chi connectivity index (χ4v) is 3.81. The van der Waals surface area contributed by atoms with E-state index in [1.165, 1.54) is 0 Å². The maximum atomic E-state index is 12.9. The van der Waals surface area contributed by atoms with Crippen molar-refractivity contribution in [3.63, 3.8) is 0 Å². The van der Waals surface area contributed by atoms with E-state index in [1.54, 1.807) is 4.68 Å². The zero-order valence-corrected chi connectivity index (χ0v) is 17.0. The lowest BCUT2D eigenvalue weighted by molar-refractivity contribution is 0.0678. The van der Waals surface area contributed by atoms with Crippen LogP contribution in [0.15, 0.2) is 24.3 Å². The average Bonchev–Trinajstić information content (AvgIpc) is 3.41. The summed E-state index contributed by atoms with van der Waals surface area (Å²) in [5.74, 6) is 2.09. The van der Waals surface area contributed by atoms with Crippen LogP contribution in [-0.2, 0) is 0 Å². The maximum absolute atomic E-state index is 12.9. The number of para-hydroxylation sites is 1. The molecular weight excluding hydrogens is 385 g/mol. The molecule has 1 amide bonds. The van der Waals surface area contributed by atoms with Gasteiger partial charge in [0.2, 0.25) is 5.82 Å². The summed E-state index contributed by atoms with van der Waals surface area (Å²) in [7, 11) is 1.97. The van der Waals surface area contributed by atoms with Gasteiger partial charge in [0, 0.05) is 19.0 Å². The minimum Gasteiger partial charge on any atom is -0.336 e. The Labute approximate surface area is 170 Å². The molecule has 2 aromatic rings. The van der Waals surface area contributed by atoms with Gasteiger partial charge in [0.05, 0.1) is 10.7 Å².